The number of hydrogen-bond donors (Lipinski definition) is 1. The topological polar surface area (TPSA) is 63.4 Å². The predicted octanol–water partition coefficient (Wildman–Crippen LogP) is 2.08. The monoisotopic (exact) mass is 318 g/mol. The van der Waals surface area contributed by atoms with Crippen molar-refractivity contribution in [2.24, 2.45) is 11.7 Å². The van der Waals surface area contributed by atoms with Gasteiger partial charge in [-0.2, -0.15) is 4.31 Å². The Balaban J connectivity index is 0.00000200. The summed E-state index contributed by atoms with van der Waals surface area (Å²) >= 11 is 0. The van der Waals surface area contributed by atoms with E-state index in [-0.39, 0.29) is 24.4 Å². The fraction of sp³-hybridized carbons (Fsp3) is 0.571. The summed E-state index contributed by atoms with van der Waals surface area (Å²) in [6, 6.07) is 5.58. The zero-order valence-corrected chi connectivity index (χ0v) is 13.8. The van der Waals surface area contributed by atoms with Crippen molar-refractivity contribution in [3.05, 3.63) is 29.3 Å². The van der Waals surface area contributed by atoms with Crippen molar-refractivity contribution in [2.45, 2.75) is 38.1 Å². The molecular formula is C14H23ClN2O2S. The molecule has 1 aromatic rings. The van der Waals surface area contributed by atoms with Crippen LogP contribution in [0, 0.1) is 19.8 Å². The van der Waals surface area contributed by atoms with E-state index in [0.717, 1.165) is 17.5 Å². The van der Waals surface area contributed by atoms with Crippen LogP contribution in [0.5, 0.6) is 0 Å². The number of hydrogen-bond acceptors (Lipinski definition) is 3. The van der Waals surface area contributed by atoms with Crippen LogP contribution in [0.15, 0.2) is 23.1 Å². The first-order valence-corrected chi connectivity index (χ1v) is 8.09. The van der Waals surface area contributed by atoms with Gasteiger partial charge in [-0.3, -0.25) is 0 Å². The Morgan fingerprint density at radius 2 is 2.00 bits per heavy atom. The number of rotatable bonds is 3. The van der Waals surface area contributed by atoms with E-state index in [4.69, 9.17) is 5.73 Å². The van der Waals surface area contributed by atoms with Gasteiger partial charge >= 0.3 is 0 Å². The van der Waals surface area contributed by atoms with Gasteiger partial charge in [0.05, 0.1) is 4.90 Å². The highest BCUT2D eigenvalue weighted by molar-refractivity contribution is 7.89. The van der Waals surface area contributed by atoms with Gasteiger partial charge in [-0.15, -0.1) is 12.4 Å². The highest BCUT2D eigenvalue weighted by Gasteiger charge is 2.37. The van der Waals surface area contributed by atoms with Crippen molar-refractivity contribution < 1.29 is 8.42 Å². The lowest BCUT2D eigenvalue weighted by atomic mass is 10.1. The van der Waals surface area contributed by atoms with E-state index in [1.807, 2.05) is 32.9 Å². The fourth-order valence-electron chi connectivity index (χ4n) is 2.73. The molecule has 2 rings (SSSR count). The molecule has 6 heteroatoms. The second kappa shape index (κ2) is 6.43. The van der Waals surface area contributed by atoms with Crippen molar-refractivity contribution >= 4 is 22.4 Å². The molecule has 4 nitrogen and oxygen atoms in total. The third-order valence-electron chi connectivity index (χ3n) is 3.87. The molecular weight excluding hydrogens is 296 g/mol. The molecule has 1 aromatic carbocycles. The molecule has 1 fully saturated rings. The molecule has 2 unspecified atom stereocenters. The summed E-state index contributed by atoms with van der Waals surface area (Å²) in [5.74, 6) is 0.273. The van der Waals surface area contributed by atoms with Crippen molar-refractivity contribution in [3.63, 3.8) is 0 Å². The Labute approximate surface area is 127 Å². The van der Waals surface area contributed by atoms with E-state index >= 15 is 0 Å². The molecule has 114 valence electrons. The van der Waals surface area contributed by atoms with E-state index in [9.17, 15) is 8.42 Å². The molecule has 1 saturated heterocycles. The van der Waals surface area contributed by atoms with E-state index in [0.29, 0.717) is 18.0 Å². The number of aryl methyl sites for hydroxylation is 2. The van der Waals surface area contributed by atoms with E-state index in [1.165, 1.54) is 0 Å². The Hall–Kier alpha value is -0.620. The molecule has 1 aliphatic rings. The Kier molecular flexibility index (Phi) is 5.61. The van der Waals surface area contributed by atoms with Crippen LogP contribution in [0.2, 0.25) is 0 Å². The average molecular weight is 319 g/mol. The fourth-order valence-corrected chi connectivity index (χ4v) is 4.76. The van der Waals surface area contributed by atoms with Gasteiger partial charge in [0.1, 0.15) is 0 Å². The smallest absolute Gasteiger partial charge is 0.243 e. The van der Waals surface area contributed by atoms with Gasteiger partial charge in [-0.05, 0) is 56.8 Å². The summed E-state index contributed by atoms with van der Waals surface area (Å²) in [7, 11) is -3.41. The van der Waals surface area contributed by atoms with E-state index in [2.05, 4.69) is 0 Å². The van der Waals surface area contributed by atoms with Crippen LogP contribution in [0.1, 0.15) is 24.5 Å². The molecule has 1 heterocycles. The maximum atomic E-state index is 12.8. The van der Waals surface area contributed by atoms with Crippen LogP contribution in [-0.4, -0.2) is 31.9 Å². The van der Waals surface area contributed by atoms with Crippen LogP contribution < -0.4 is 5.73 Å². The van der Waals surface area contributed by atoms with Gasteiger partial charge in [0.25, 0.3) is 0 Å². The third kappa shape index (κ3) is 3.17. The van der Waals surface area contributed by atoms with Gasteiger partial charge in [0.15, 0.2) is 0 Å². The minimum absolute atomic E-state index is 0. The van der Waals surface area contributed by atoms with Crippen molar-refractivity contribution in [3.8, 4) is 0 Å². The molecule has 20 heavy (non-hydrogen) atoms. The first-order valence-electron chi connectivity index (χ1n) is 6.65. The molecule has 0 spiro atoms. The number of sulfonamides is 1. The van der Waals surface area contributed by atoms with Crippen molar-refractivity contribution in [1.29, 1.82) is 0 Å². The number of nitrogens with zero attached hydrogens (tertiary/aromatic N) is 1. The van der Waals surface area contributed by atoms with Gasteiger partial charge in [0, 0.05) is 12.6 Å². The standard InChI is InChI=1S/C14H22N2O2S.ClH/c1-10-4-5-11(2)14(6-10)19(17,18)16-9-13(8-15)7-12(16)3;/h4-6,12-13H,7-9,15H2,1-3H3;1H. The summed E-state index contributed by atoms with van der Waals surface area (Å²) in [6.45, 7) is 6.79. The van der Waals surface area contributed by atoms with Gasteiger partial charge < -0.3 is 5.73 Å². The molecule has 0 amide bonds. The van der Waals surface area contributed by atoms with Gasteiger partial charge in [-0.1, -0.05) is 12.1 Å². The van der Waals surface area contributed by atoms with Crippen LogP contribution in [0.4, 0.5) is 0 Å². The lowest BCUT2D eigenvalue weighted by molar-refractivity contribution is 0.404. The Bertz CT molecular complexity index is 575. The molecule has 2 atom stereocenters. The second-order valence-electron chi connectivity index (χ2n) is 5.53. The number of nitrogens with two attached hydrogens (primary N) is 1. The largest absolute Gasteiger partial charge is 0.330 e. The number of halogens is 1. The predicted molar refractivity (Wildman–Crippen MR) is 83.7 cm³/mol. The summed E-state index contributed by atoms with van der Waals surface area (Å²) in [5.41, 5.74) is 7.44. The first-order chi connectivity index (χ1) is 8.86. The normalized spacial score (nSPS) is 23.6. The summed E-state index contributed by atoms with van der Waals surface area (Å²) in [4.78, 5) is 0.428. The third-order valence-corrected chi connectivity index (χ3v) is 5.99. The molecule has 1 aliphatic heterocycles. The van der Waals surface area contributed by atoms with Crippen LogP contribution >= 0.6 is 12.4 Å². The molecule has 0 aliphatic carbocycles. The maximum Gasteiger partial charge on any atom is 0.243 e. The zero-order valence-electron chi connectivity index (χ0n) is 12.2. The number of benzene rings is 1. The summed E-state index contributed by atoms with van der Waals surface area (Å²) in [5, 5.41) is 0. The molecule has 0 aromatic heterocycles. The second-order valence-corrected chi connectivity index (χ2v) is 7.39. The van der Waals surface area contributed by atoms with Gasteiger partial charge in [-0.25, -0.2) is 8.42 Å². The van der Waals surface area contributed by atoms with Crippen LogP contribution in [0.25, 0.3) is 0 Å². The van der Waals surface area contributed by atoms with Crippen molar-refractivity contribution in [1.82, 2.24) is 4.31 Å². The highest BCUT2D eigenvalue weighted by atomic mass is 35.5. The van der Waals surface area contributed by atoms with Crippen LogP contribution in [0.3, 0.4) is 0 Å². The zero-order chi connectivity index (χ0) is 14.2. The highest BCUT2D eigenvalue weighted by Crippen LogP contribution is 2.30. The summed E-state index contributed by atoms with van der Waals surface area (Å²) in [6.07, 6.45) is 0.848. The molecule has 0 radical (unpaired) electrons. The van der Waals surface area contributed by atoms with Crippen LogP contribution in [-0.2, 0) is 10.0 Å². The quantitative estimate of drug-likeness (QED) is 0.928. The maximum absolute atomic E-state index is 12.8. The lowest BCUT2D eigenvalue weighted by Crippen LogP contribution is -2.34. The lowest BCUT2D eigenvalue weighted by Gasteiger charge is -2.22. The first kappa shape index (κ1) is 17.4. The van der Waals surface area contributed by atoms with E-state index < -0.39 is 10.0 Å². The summed E-state index contributed by atoms with van der Waals surface area (Å²) < 4.78 is 27.1. The molecule has 2 N–H and O–H groups in total. The molecule has 0 saturated carbocycles. The van der Waals surface area contributed by atoms with E-state index in [1.54, 1.807) is 10.4 Å². The Morgan fingerprint density at radius 3 is 2.55 bits per heavy atom. The van der Waals surface area contributed by atoms with Gasteiger partial charge in [0.2, 0.25) is 10.0 Å². The SMILES string of the molecule is Cc1ccc(C)c(S(=O)(=O)N2CC(CN)CC2C)c1.Cl. The average Bonchev–Trinajstić information content (AvgIpc) is 2.74. The minimum atomic E-state index is -3.41. The molecule has 0 bridgehead atoms. The van der Waals surface area contributed by atoms with Crippen molar-refractivity contribution in [2.75, 3.05) is 13.1 Å². The Morgan fingerprint density at radius 1 is 1.35 bits per heavy atom. The minimum Gasteiger partial charge on any atom is -0.330 e.